The van der Waals surface area contributed by atoms with Crippen LogP contribution in [-0.4, -0.2) is 19.7 Å². The summed E-state index contributed by atoms with van der Waals surface area (Å²) in [4.78, 5) is 5.31. The van der Waals surface area contributed by atoms with Crippen LogP contribution in [0.3, 0.4) is 0 Å². The van der Waals surface area contributed by atoms with Gasteiger partial charge >= 0.3 is 0 Å². The molecule has 0 amide bonds. The molecule has 0 atom stereocenters. The first kappa shape index (κ1) is 13.8. The number of aromatic nitrogens is 3. The molecule has 4 rings (SSSR count). The third kappa shape index (κ3) is 2.76. The Kier molecular flexibility index (Phi) is 3.44. The fraction of sp³-hybridized carbons (Fsp3) is 0.0588. The largest absolute Gasteiger partial charge is 0.508 e. The Balaban J connectivity index is 1.60. The molecule has 2 heterocycles. The first-order valence-electron chi connectivity index (χ1n) is 7.10. The molecule has 0 aliphatic carbocycles. The lowest BCUT2D eigenvalue weighted by Crippen LogP contribution is -1.98. The average molecular weight is 323 g/mol. The van der Waals surface area contributed by atoms with Gasteiger partial charge in [-0.05, 0) is 36.4 Å². The second-order valence-electron chi connectivity index (χ2n) is 4.99. The Labute approximate surface area is 136 Å². The zero-order valence-corrected chi connectivity index (χ0v) is 12.9. The van der Waals surface area contributed by atoms with Gasteiger partial charge in [0.15, 0.2) is 5.82 Å². The van der Waals surface area contributed by atoms with E-state index >= 15 is 0 Å². The maximum Gasteiger partial charge on any atom is 0.212 e. The number of nitrogens with zero attached hydrogens (tertiary/aromatic N) is 3. The van der Waals surface area contributed by atoms with Gasteiger partial charge in [-0.2, -0.15) is 4.98 Å². The van der Waals surface area contributed by atoms with Crippen molar-refractivity contribution in [3.63, 3.8) is 0 Å². The van der Waals surface area contributed by atoms with E-state index in [1.165, 1.54) is 11.3 Å². The second-order valence-corrected chi connectivity index (χ2v) is 5.83. The molecule has 4 aromatic rings. The van der Waals surface area contributed by atoms with Gasteiger partial charge in [-0.3, -0.25) is 0 Å². The van der Waals surface area contributed by atoms with Gasteiger partial charge < -0.3 is 9.84 Å². The molecule has 0 saturated heterocycles. The number of fused-ring (bicyclic) bond motifs is 1. The number of thiazole rings is 1. The molecule has 1 N–H and O–H groups in total. The molecule has 6 heteroatoms. The van der Waals surface area contributed by atoms with Crippen molar-refractivity contribution in [2.75, 3.05) is 0 Å². The van der Waals surface area contributed by atoms with E-state index < -0.39 is 0 Å². The second kappa shape index (κ2) is 5.73. The van der Waals surface area contributed by atoms with E-state index in [-0.39, 0.29) is 5.75 Å². The van der Waals surface area contributed by atoms with Crippen LogP contribution in [0.5, 0.6) is 11.5 Å². The van der Waals surface area contributed by atoms with Crippen LogP contribution in [0, 0.1) is 0 Å². The first-order chi connectivity index (χ1) is 11.3. The zero-order chi connectivity index (χ0) is 15.6. The van der Waals surface area contributed by atoms with Crippen molar-refractivity contribution < 1.29 is 9.84 Å². The van der Waals surface area contributed by atoms with E-state index in [9.17, 15) is 5.11 Å². The van der Waals surface area contributed by atoms with Crippen LogP contribution < -0.4 is 4.74 Å². The van der Waals surface area contributed by atoms with Crippen molar-refractivity contribution in [2.45, 2.75) is 6.61 Å². The van der Waals surface area contributed by atoms with E-state index in [0.717, 1.165) is 22.0 Å². The molecule has 0 radical (unpaired) electrons. The van der Waals surface area contributed by atoms with Crippen LogP contribution in [-0.2, 0) is 6.61 Å². The molecule has 2 aromatic carbocycles. The van der Waals surface area contributed by atoms with Crippen LogP contribution in [0.1, 0.15) is 5.82 Å². The molecular formula is C17H13N3O2S. The van der Waals surface area contributed by atoms with Crippen LogP contribution >= 0.6 is 11.3 Å². The minimum atomic E-state index is 0.246. The number of rotatable bonds is 4. The standard InChI is InChI=1S/C17H13N3O2S/c21-13-8-6-12(7-9-13)15-11-23-17-18-16(19-20(15)17)10-22-14-4-2-1-3-5-14/h1-9,11,21H,10H2. The lowest BCUT2D eigenvalue weighted by molar-refractivity contribution is 0.296. The third-order valence-electron chi connectivity index (χ3n) is 3.40. The predicted octanol–water partition coefficient (Wildman–Crippen LogP) is 3.74. The molecule has 0 aliphatic heterocycles. The molecule has 23 heavy (non-hydrogen) atoms. The minimum Gasteiger partial charge on any atom is -0.508 e. The van der Waals surface area contributed by atoms with E-state index in [1.807, 2.05) is 47.8 Å². The summed E-state index contributed by atoms with van der Waals surface area (Å²) in [6.07, 6.45) is 0. The van der Waals surface area contributed by atoms with Gasteiger partial charge in [0.1, 0.15) is 18.1 Å². The smallest absolute Gasteiger partial charge is 0.212 e. The number of hydrogen-bond donors (Lipinski definition) is 1. The number of phenolic OH excluding ortho intramolecular Hbond substituents is 1. The Morgan fingerprint density at radius 2 is 1.83 bits per heavy atom. The monoisotopic (exact) mass is 323 g/mol. The Morgan fingerprint density at radius 1 is 1.04 bits per heavy atom. The van der Waals surface area contributed by atoms with Crippen molar-refractivity contribution in [2.24, 2.45) is 0 Å². The molecule has 0 unspecified atom stereocenters. The highest BCUT2D eigenvalue weighted by Crippen LogP contribution is 2.26. The number of aromatic hydroxyl groups is 1. The highest BCUT2D eigenvalue weighted by molar-refractivity contribution is 7.15. The lowest BCUT2D eigenvalue weighted by atomic mass is 10.2. The van der Waals surface area contributed by atoms with Crippen LogP contribution in [0.2, 0.25) is 0 Å². The molecule has 0 fully saturated rings. The summed E-state index contributed by atoms with van der Waals surface area (Å²) in [5, 5.41) is 15.9. The average Bonchev–Trinajstić information content (AvgIpc) is 3.15. The number of phenols is 1. The topological polar surface area (TPSA) is 59.7 Å². The molecule has 2 aromatic heterocycles. The SMILES string of the molecule is Oc1ccc(-c2csc3nc(COc4ccccc4)nn23)cc1. The van der Waals surface area contributed by atoms with Gasteiger partial charge in [-0.25, -0.2) is 4.52 Å². The van der Waals surface area contributed by atoms with Crippen LogP contribution in [0.25, 0.3) is 16.2 Å². The predicted molar refractivity (Wildman–Crippen MR) is 88.7 cm³/mol. The fourth-order valence-corrected chi connectivity index (χ4v) is 3.13. The fourth-order valence-electron chi connectivity index (χ4n) is 2.28. The van der Waals surface area contributed by atoms with Gasteiger partial charge in [-0.1, -0.05) is 18.2 Å². The van der Waals surface area contributed by atoms with E-state index in [1.54, 1.807) is 16.6 Å². The molecular weight excluding hydrogens is 310 g/mol. The summed E-state index contributed by atoms with van der Waals surface area (Å²) >= 11 is 1.53. The number of ether oxygens (including phenoxy) is 1. The molecule has 0 saturated carbocycles. The summed E-state index contributed by atoms with van der Waals surface area (Å²) < 4.78 is 7.49. The van der Waals surface area contributed by atoms with Crippen LogP contribution in [0.4, 0.5) is 0 Å². The summed E-state index contributed by atoms with van der Waals surface area (Å²) in [6.45, 7) is 0.327. The van der Waals surface area contributed by atoms with Crippen molar-refractivity contribution >= 4 is 16.3 Å². The molecule has 5 nitrogen and oxygen atoms in total. The lowest BCUT2D eigenvalue weighted by Gasteiger charge is -2.02. The zero-order valence-electron chi connectivity index (χ0n) is 12.1. The van der Waals surface area contributed by atoms with Gasteiger partial charge in [-0.15, -0.1) is 16.4 Å². The highest BCUT2D eigenvalue weighted by Gasteiger charge is 2.12. The maximum atomic E-state index is 9.40. The quantitative estimate of drug-likeness (QED) is 0.621. The third-order valence-corrected chi connectivity index (χ3v) is 4.22. The molecule has 0 spiro atoms. The first-order valence-corrected chi connectivity index (χ1v) is 7.98. The van der Waals surface area contributed by atoms with Crippen molar-refractivity contribution in [1.82, 2.24) is 14.6 Å². The van der Waals surface area contributed by atoms with Gasteiger partial charge in [0.05, 0.1) is 5.69 Å². The summed E-state index contributed by atoms with van der Waals surface area (Å²) in [5.74, 6) is 1.68. The van der Waals surface area contributed by atoms with Gasteiger partial charge in [0.2, 0.25) is 4.96 Å². The Hall–Kier alpha value is -2.86. The molecule has 114 valence electrons. The van der Waals surface area contributed by atoms with Crippen molar-refractivity contribution in [3.8, 4) is 22.8 Å². The maximum absolute atomic E-state index is 9.40. The van der Waals surface area contributed by atoms with Gasteiger partial charge in [0, 0.05) is 10.9 Å². The van der Waals surface area contributed by atoms with Crippen LogP contribution in [0.15, 0.2) is 60.0 Å². The molecule has 0 bridgehead atoms. The number of benzene rings is 2. The van der Waals surface area contributed by atoms with Gasteiger partial charge in [0.25, 0.3) is 0 Å². The summed E-state index contributed by atoms with van der Waals surface area (Å²) in [5.41, 5.74) is 1.93. The normalized spacial score (nSPS) is 11.0. The Morgan fingerprint density at radius 3 is 2.61 bits per heavy atom. The highest BCUT2D eigenvalue weighted by atomic mass is 32.1. The number of para-hydroxylation sites is 1. The van der Waals surface area contributed by atoms with E-state index in [0.29, 0.717) is 12.4 Å². The van der Waals surface area contributed by atoms with Crippen molar-refractivity contribution in [1.29, 1.82) is 0 Å². The summed E-state index contributed by atoms with van der Waals surface area (Å²) in [7, 11) is 0. The van der Waals surface area contributed by atoms with E-state index in [2.05, 4.69) is 10.1 Å². The summed E-state index contributed by atoms with van der Waals surface area (Å²) in [6, 6.07) is 16.7. The Bertz CT molecular complexity index is 930. The minimum absolute atomic E-state index is 0.246. The molecule has 0 aliphatic rings. The number of hydrogen-bond acceptors (Lipinski definition) is 5. The van der Waals surface area contributed by atoms with Crippen molar-refractivity contribution in [3.05, 3.63) is 65.8 Å². The van der Waals surface area contributed by atoms with E-state index in [4.69, 9.17) is 4.74 Å².